The van der Waals surface area contributed by atoms with E-state index in [1.54, 1.807) is 36.2 Å². The zero-order chi connectivity index (χ0) is 35.2. The number of anilines is 2. The lowest BCUT2D eigenvalue weighted by atomic mass is 9.82. The smallest absolute Gasteiger partial charge is 0.261 e. The third kappa shape index (κ3) is 6.16. The van der Waals surface area contributed by atoms with Crippen LogP contribution in [0.1, 0.15) is 24.6 Å². The van der Waals surface area contributed by atoms with Crippen LogP contribution in [-0.2, 0) is 37.6 Å². The minimum absolute atomic E-state index is 0.0353. The summed E-state index contributed by atoms with van der Waals surface area (Å²) in [5, 5.41) is 64.7. The molecule has 9 atom stereocenters. The van der Waals surface area contributed by atoms with Gasteiger partial charge in [0.2, 0.25) is 0 Å². The summed E-state index contributed by atoms with van der Waals surface area (Å²) in [5.74, 6) is -0.749. The summed E-state index contributed by atoms with van der Waals surface area (Å²) >= 11 is 0. The van der Waals surface area contributed by atoms with Crippen molar-refractivity contribution in [2.24, 2.45) is 5.92 Å². The van der Waals surface area contributed by atoms with Gasteiger partial charge in [-0.05, 0) is 42.3 Å². The molecule has 1 spiro atoms. The first-order valence-electron chi connectivity index (χ1n) is 16.3. The minimum Gasteiger partial charge on any atom is -0.497 e. The van der Waals surface area contributed by atoms with Crippen LogP contribution in [0.4, 0.5) is 11.4 Å². The summed E-state index contributed by atoms with van der Waals surface area (Å²) in [5.41, 5.74) is 0.564. The first-order valence-corrected chi connectivity index (χ1v) is 19.4. The van der Waals surface area contributed by atoms with Crippen molar-refractivity contribution in [3.05, 3.63) is 59.9 Å². The summed E-state index contributed by atoms with van der Waals surface area (Å²) in [6, 6.07) is 12.9. The number of hydrogen-bond acceptors (Lipinski definition) is 12. The molecule has 4 heterocycles. The number of aromatic nitrogens is 3. The van der Waals surface area contributed by atoms with Crippen LogP contribution < -0.4 is 20.6 Å². The zero-order valence-electron chi connectivity index (χ0n) is 27.7. The normalized spacial score (nSPS) is 31.1. The molecule has 3 aliphatic rings. The molecular formula is C33H43N5O10Si. The van der Waals surface area contributed by atoms with Gasteiger partial charge in [0, 0.05) is 48.6 Å². The number of aliphatic hydroxyl groups is 5. The van der Waals surface area contributed by atoms with Crippen molar-refractivity contribution in [3.63, 3.8) is 0 Å². The molecule has 1 aromatic heterocycles. The van der Waals surface area contributed by atoms with Crippen LogP contribution in [0.2, 0.25) is 18.6 Å². The number of aryl methyl sites for hydroxylation is 1. The number of amides is 2. The van der Waals surface area contributed by atoms with E-state index in [1.807, 2.05) is 19.1 Å². The highest BCUT2D eigenvalue weighted by molar-refractivity contribution is 6.91. The van der Waals surface area contributed by atoms with Crippen molar-refractivity contribution >= 4 is 36.4 Å². The van der Waals surface area contributed by atoms with Gasteiger partial charge in [-0.2, -0.15) is 0 Å². The molecule has 7 N–H and O–H groups in total. The molecule has 0 unspecified atom stereocenters. The first kappa shape index (κ1) is 35.1. The SMILES string of the molecule is COc1ccc([Si](C)(C)[C@@H]2[C@@H](CCn3cc(CCO)nn3)O[C@]3(C(=O)Nc4ccc(NC(=O)[C@H]5O[C@@H](O)[C@H](O)[C@@H](O)[C@@H]5O)cc43)[C@H]2C)cc1. The molecule has 0 bridgehead atoms. The topological polar surface area (TPSA) is 218 Å². The average Bonchev–Trinajstić information content (AvgIpc) is 3.75. The van der Waals surface area contributed by atoms with E-state index in [0.717, 1.165) is 5.75 Å². The number of nitrogens with zero attached hydrogens (tertiary/aromatic N) is 3. The lowest BCUT2D eigenvalue weighted by molar-refractivity contribution is -0.274. The zero-order valence-corrected chi connectivity index (χ0v) is 28.7. The lowest BCUT2D eigenvalue weighted by Gasteiger charge is -2.37. The Hall–Kier alpha value is -3.74. The molecule has 15 nitrogen and oxygen atoms in total. The van der Waals surface area contributed by atoms with Crippen LogP contribution in [0, 0.1) is 5.92 Å². The lowest BCUT2D eigenvalue weighted by Crippen LogP contribution is -2.60. The Kier molecular flexibility index (Phi) is 9.69. The van der Waals surface area contributed by atoms with Gasteiger partial charge in [-0.3, -0.25) is 14.3 Å². The van der Waals surface area contributed by atoms with Crippen molar-refractivity contribution in [2.45, 2.75) is 87.4 Å². The fraction of sp³-hybridized carbons (Fsp3) is 0.515. The summed E-state index contributed by atoms with van der Waals surface area (Å²) in [6.45, 7) is 6.99. The highest BCUT2D eigenvalue weighted by Gasteiger charge is 2.64. The summed E-state index contributed by atoms with van der Waals surface area (Å²) in [6.07, 6.45) is -6.59. The van der Waals surface area contributed by atoms with Crippen LogP contribution in [-0.4, -0.2) is 111 Å². The molecule has 0 saturated carbocycles. The molecular weight excluding hydrogens is 654 g/mol. The molecule has 0 aliphatic carbocycles. The number of methoxy groups -OCH3 is 1. The van der Waals surface area contributed by atoms with Gasteiger partial charge in [-0.25, -0.2) is 0 Å². The van der Waals surface area contributed by atoms with Gasteiger partial charge < -0.3 is 50.4 Å². The number of fused-ring (bicyclic) bond motifs is 2. The fourth-order valence-electron chi connectivity index (χ4n) is 7.71. The van der Waals surface area contributed by atoms with Gasteiger partial charge in [-0.1, -0.05) is 42.6 Å². The van der Waals surface area contributed by atoms with Gasteiger partial charge in [-0.15, -0.1) is 5.10 Å². The van der Waals surface area contributed by atoms with Gasteiger partial charge in [0.25, 0.3) is 11.8 Å². The van der Waals surface area contributed by atoms with Gasteiger partial charge in [0.15, 0.2) is 18.0 Å². The van der Waals surface area contributed by atoms with Crippen molar-refractivity contribution < 1.29 is 49.3 Å². The van der Waals surface area contributed by atoms with E-state index in [-0.39, 0.29) is 35.8 Å². The third-order valence-corrected chi connectivity index (χ3v) is 14.7. The maximum Gasteiger partial charge on any atom is 0.261 e. The molecule has 6 rings (SSSR count). The summed E-state index contributed by atoms with van der Waals surface area (Å²) < 4.78 is 19.2. The van der Waals surface area contributed by atoms with E-state index >= 15 is 0 Å². The van der Waals surface area contributed by atoms with Crippen LogP contribution in [0.5, 0.6) is 5.75 Å². The van der Waals surface area contributed by atoms with Crippen molar-refractivity contribution in [3.8, 4) is 5.75 Å². The van der Waals surface area contributed by atoms with Gasteiger partial charge in [0.05, 0.1) is 27.0 Å². The molecule has 264 valence electrons. The summed E-state index contributed by atoms with van der Waals surface area (Å²) in [7, 11) is -0.788. The second-order valence-corrected chi connectivity index (χ2v) is 18.2. The number of benzene rings is 2. The Morgan fingerprint density at radius 1 is 1.10 bits per heavy atom. The van der Waals surface area contributed by atoms with Crippen molar-refractivity contribution in [1.29, 1.82) is 0 Å². The van der Waals surface area contributed by atoms with E-state index in [2.05, 4.69) is 46.2 Å². The number of ether oxygens (including phenoxy) is 3. The Morgan fingerprint density at radius 3 is 2.53 bits per heavy atom. The predicted molar refractivity (Wildman–Crippen MR) is 178 cm³/mol. The van der Waals surface area contributed by atoms with Crippen LogP contribution in [0.3, 0.4) is 0 Å². The monoisotopic (exact) mass is 697 g/mol. The van der Waals surface area contributed by atoms with Crippen LogP contribution >= 0.6 is 0 Å². The number of aliphatic hydroxyl groups excluding tert-OH is 5. The molecule has 0 radical (unpaired) electrons. The number of carbonyl (C=O) groups is 2. The molecule has 3 aliphatic heterocycles. The van der Waals surface area contributed by atoms with Gasteiger partial charge >= 0.3 is 0 Å². The Morgan fingerprint density at radius 2 is 1.84 bits per heavy atom. The van der Waals surface area contributed by atoms with Crippen molar-refractivity contribution in [2.75, 3.05) is 24.4 Å². The Bertz CT molecular complexity index is 1690. The number of rotatable bonds is 10. The maximum absolute atomic E-state index is 14.1. The van der Waals surface area contributed by atoms with E-state index in [9.17, 15) is 35.1 Å². The Balaban J connectivity index is 1.33. The average molecular weight is 698 g/mol. The number of hydrogen-bond donors (Lipinski definition) is 7. The minimum atomic E-state index is -2.41. The standard InChI is InChI=1S/C33H43N5O10Si/c1-17-29(49(3,4)21-8-6-20(46-2)7-9-21)24(11-13-38-16-19(12-14-39)36-37-38)48-33(17)22-15-18(5-10-23(22)35-32(33)45)34-30(43)28-26(41)25(40)27(42)31(44)47-28/h5-10,15-17,24-29,31,39-42,44H,11-14H2,1-4H3,(H,34,43)(H,35,45)/t17-,24+,25-,26-,27+,28-,29-,31+,33+/m0/s1. The quantitative estimate of drug-likeness (QED) is 0.137. The highest BCUT2D eigenvalue weighted by atomic mass is 28.3. The number of carbonyl (C=O) groups excluding carboxylic acids is 2. The van der Waals surface area contributed by atoms with E-state index < -0.39 is 50.3 Å². The molecule has 2 fully saturated rings. The molecule has 2 aromatic carbocycles. The fourth-order valence-corrected chi connectivity index (χ4v) is 11.8. The van der Waals surface area contributed by atoms with E-state index in [1.165, 1.54) is 5.19 Å². The second kappa shape index (κ2) is 13.5. The molecule has 2 saturated heterocycles. The largest absolute Gasteiger partial charge is 0.497 e. The van der Waals surface area contributed by atoms with Crippen molar-refractivity contribution in [1.82, 2.24) is 15.0 Å². The molecule has 49 heavy (non-hydrogen) atoms. The predicted octanol–water partition coefficient (Wildman–Crippen LogP) is -0.182. The summed E-state index contributed by atoms with van der Waals surface area (Å²) in [4.78, 5) is 27.2. The third-order valence-electron chi connectivity index (χ3n) is 10.3. The van der Waals surface area contributed by atoms with E-state index in [4.69, 9.17) is 14.2 Å². The van der Waals surface area contributed by atoms with Crippen LogP contribution in [0.25, 0.3) is 0 Å². The molecule has 3 aromatic rings. The van der Waals surface area contributed by atoms with E-state index in [0.29, 0.717) is 36.3 Å². The second-order valence-electron chi connectivity index (χ2n) is 13.5. The Labute approximate surface area is 283 Å². The molecule has 2 amide bonds. The number of nitrogens with one attached hydrogen (secondary N) is 2. The highest BCUT2D eigenvalue weighted by Crippen LogP contribution is 2.59. The van der Waals surface area contributed by atoms with Gasteiger partial charge in [0.1, 0.15) is 24.1 Å². The first-order chi connectivity index (χ1) is 23.3. The molecule has 16 heteroatoms. The maximum atomic E-state index is 14.1. The van der Waals surface area contributed by atoms with Crippen LogP contribution in [0.15, 0.2) is 48.7 Å².